The Morgan fingerprint density at radius 1 is 1.08 bits per heavy atom. The Morgan fingerprint density at radius 3 is 2.61 bits per heavy atom. The van der Waals surface area contributed by atoms with Crippen LogP contribution in [0.15, 0.2) is 60.8 Å². The summed E-state index contributed by atoms with van der Waals surface area (Å²) in [4.78, 5) is 20.2. The molecule has 51 heavy (non-hydrogen) atoms. The molecule has 0 spiro atoms. The van der Waals surface area contributed by atoms with Crippen LogP contribution in [0.4, 0.5) is 8.78 Å². The van der Waals surface area contributed by atoms with Crippen molar-refractivity contribution < 1.29 is 46.8 Å². The van der Waals surface area contributed by atoms with Crippen molar-refractivity contribution in [2.24, 2.45) is 5.41 Å². The maximum absolute atomic E-state index is 15.8. The Labute approximate surface area is 292 Å². The van der Waals surface area contributed by atoms with Gasteiger partial charge in [0, 0.05) is 35.2 Å². The minimum Gasteiger partial charge on any atom is -0.488 e. The first-order valence-electron chi connectivity index (χ1n) is 16.3. The average molecular weight is 725 g/mol. The van der Waals surface area contributed by atoms with Gasteiger partial charge in [-0.2, -0.15) is 5.10 Å². The summed E-state index contributed by atoms with van der Waals surface area (Å²) in [5, 5.41) is 34.7. The number of aliphatic hydroxyl groups excluding tert-OH is 1. The van der Waals surface area contributed by atoms with Gasteiger partial charge in [0.15, 0.2) is 44.6 Å². The van der Waals surface area contributed by atoms with Crippen molar-refractivity contribution in [3.63, 3.8) is 0 Å². The second kappa shape index (κ2) is 13.7. The van der Waals surface area contributed by atoms with Crippen molar-refractivity contribution in [3.05, 3.63) is 89.4 Å². The monoisotopic (exact) mass is 724 g/mol. The number of hydrogen-bond donors (Lipinski definition) is 5. The third kappa shape index (κ3) is 7.46. The van der Waals surface area contributed by atoms with Gasteiger partial charge in [-0.25, -0.2) is 22.2 Å². The van der Waals surface area contributed by atoms with E-state index in [2.05, 4.69) is 15.2 Å². The fourth-order valence-corrected chi connectivity index (χ4v) is 8.87. The number of ether oxygens (including phenoxy) is 2. The summed E-state index contributed by atoms with van der Waals surface area (Å²) >= 11 is 0. The van der Waals surface area contributed by atoms with E-state index in [9.17, 15) is 28.5 Å². The highest BCUT2D eigenvalue weighted by Crippen LogP contribution is 2.41. The second-order valence-corrected chi connectivity index (χ2v) is 16.0. The van der Waals surface area contributed by atoms with Gasteiger partial charge in [-0.15, -0.1) is 0 Å². The van der Waals surface area contributed by atoms with E-state index in [4.69, 9.17) is 14.5 Å². The van der Waals surface area contributed by atoms with E-state index in [0.717, 1.165) is 12.1 Å². The number of aromatic nitrogens is 4. The molecule has 0 amide bonds. The SMILES string of the molecule is CC1(C)CCCC(C)(c2cccc(OCC(O)O)c2)c2n[nH]c(n2)-c2cc(ccc2F)Oc2c(F)cc3[nH]ccc3c2CC(C(=O)O)S(=O)(=O)C1. The van der Waals surface area contributed by atoms with Gasteiger partial charge in [0.05, 0.1) is 16.7 Å². The molecular formula is C36H38F2N4O8S. The van der Waals surface area contributed by atoms with Crippen LogP contribution in [0.1, 0.15) is 57.0 Å². The van der Waals surface area contributed by atoms with E-state index in [1.165, 1.54) is 18.3 Å². The summed E-state index contributed by atoms with van der Waals surface area (Å²) < 4.78 is 70.6. The molecule has 3 aromatic carbocycles. The topological polar surface area (TPSA) is 188 Å². The van der Waals surface area contributed by atoms with Crippen LogP contribution in [0.5, 0.6) is 17.2 Å². The zero-order chi connectivity index (χ0) is 36.7. The Bertz CT molecular complexity index is 2200. The molecule has 4 bridgehead atoms. The fourth-order valence-electron chi connectivity index (χ4n) is 6.71. The molecule has 0 saturated carbocycles. The maximum Gasteiger partial charge on any atom is 0.322 e. The molecule has 0 radical (unpaired) electrons. The number of carboxylic acid groups (broad SMARTS) is 1. The summed E-state index contributed by atoms with van der Waals surface area (Å²) in [6.45, 7) is 5.00. The van der Waals surface area contributed by atoms with Crippen LogP contribution < -0.4 is 9.47 Å². The number of fused-ring (bicyclic) bond motifs is 8. The highest BCUT2D eigenvalue weighted by molar-refractivity contribution is 7.92. The molecule has 3 heterocycles. The molecule has 5 aromatic rings. The highest BCUT2D eigenvalue weighted by atomic mass is 32.2. The number of halogens is 2. The number of aromatic amines is 2. The van der Waals surface area contributed by atoms with Gasteiger partial charge in [-0.05, 0) is 67.1 Å². The Hall–Kier alpha value is -4.86. The van der Waals surface area contributed by atoms with Crippen molar-refractivity contribution in [1.29, 1.82) is 0 Å². The van der Waals surface area contributed by atoms with Crippen molar-refractivity contribution >= 4 is 26.7 Å². The van der Waals surface area contributed by atoms with Gasteiger partial charge in [0.25, 0.3) is 0 Å². The zero-order valence-corrected chi connectivity index (χ0v) is 28.9. The summed E-state index contributed by atoms with van der Waals surface area (Å²) in [7, 11) is -4.33. The van der Waals surface area contributed by atoms with Crippen LogP contribution in [-0.2, 0) is 26.5 Å². The average Bonchev–Trinajstić information content (AvgIpc) is 3.74. The minimum atomic E-state index is -4.33. The third-order valence-corrected chi connectivity index (χ3v) is 11.8. The zero-order valence-electron chi connectivity index (χ0n) is 28.1. The van der Waals surface area contributed by atoms with Crippen LogP contribution in [-0.4, -0.2) is 73.8 Å². The lowest BCUT2D eigenvalue weighted by molar-refractivity contribution is -0.136. The predicted molar refractivity (Wildman–Crippen MR) is 183 cm³/mol. The van der Waals surface area contributed by atoms with Gasteiger partial charge < -0.3 is 29.8 Å². The number of carbonyl (C=O) groups is 1. The molecule has 270 valence electrons. The van der Waals surface area contributed by atoms with E-state index >= 15 is 8.78 Å². The van der Waals surface area contributed by atoms with Crippen LogP contribution in [0, 0.1) is 17.0 Å². The number of nitrogens with one attached hydrogen (secondary N) is 2. The number of H-pyrrole nitrogens is 2. The molecule has 1 aliphatic rings. The van der Waals surface area contributed by atoms with Gasteiger partial charge in [-0.1, -0.05) is 32.4 Å². The van der Waals surface area contributed by atoms with Gasteiger partial charge >= 0.3 is 5.97 Å². The van der Waals surface area contributed by atoms with Crippen molar-refractivity contribution in [2.75, 3.05) is 12.4 Å². The Balaban J connectivity index is 1.51. The number of carboxylic acids is 1. The number of sulfone groups is 1. The van der Waals surface area contributed by atoms with E-state index in [1.807, 2.05) is 13.0 Å². The molecule has 6 rings (SSSR count). The quantitative estimate of drug-likeness (QED) is 0.142. The summed E-state index contributed by atoms with van der Waals surface area (Å²) in [6.07, 6.45) is 0.425. The lowest BCUT2D eigenvalue weighted by Crippen LogP contribution is -2.38. The normalized spacial score (nSPS) is 20.6. The molecular weight excluding hydrogens is 686 g/mol. The third-order valence-electron chi connectivity index (χ3n) is 9.35. The lowest BCUT2D eigenvalue weighted by atomic mass is 9.75. The van der Waals surface area contributed by atoms with Crippen molar-refractivity contribution in [2.45, 2.75) is 63.4 Å². The minimum absolute atomic E-state index is 0.0185. The first-order chi connectivity index (χ1) is 24.1. The molecule has 2 unspecified atom stereocenters. The van der Waals surface area contributed by atoms with Gasteiger partial charge in [-0.3, -0.25) is 9.89 Å². The van der Waals surface area contributed by atoms with Crippen LogP contribution in [0.2, 0.25) is 0 Å². The van der Waals surface area contributed by atoms with Gasteiger partial charge in [0.1, 0.15) is 23.9 Å². The molecule has 0 fully saturated rings. The van der Waals surface area contributed by atoms with E-state index < -0.39 is 62.0 Å². The standard InChI is InChI=1S/C36H38F2N4O8S/c1-35(2)11-5-12-36(3,20-6-4-7-21(14-20)49-18-30(43)44)34-40-32(41-42-34)25-15-22(8-9-26(25)37)50-31-24(16-29(33(45)46)51(47,48)19-35)23-10-13-39-28(23)17-27(31)38/h4,6-10,13-15,17,29-30,39,43-44H,5,11-12,16,18-19H2,1-3H3,(H,45,46)(H,40,41,42). The Kier molecular flexibility index (Phi) is 9.65. The number of benzene rings is 3. The smallest absolute Gasteiger partial charge is 0.322 e. The number of rotatable bonds is 5. The Morgan fingerprint density at radius 2 is 1.86 bits per heavy atom. The van der Waals surface area contributed by atoms with Crippen LogP contribution >= 0.6 is 0 Å². The molecule has 2 aromatic heterocycles. The first-order valence-corrected chi connectivity index (χ1v) is 18.0. The summed E-state index contributed by atoms with van der Waals surface area (Å²) in [5.74, 6) is -3.30. The van der Waals surface area contributed by atoms with E-state index in [0.29, 0.717) is 41.5 Å². The predicted octanol–water partition coefficient (Wildman–Crippen LogP) is 5.64. The lowest BCUT2D eigenvalue weighted by Gasteiger charge is -2.31. The number of aliphatic hydroxyl groups is 2. The molecule has 5 N–H and O–H groups in total. The molecule has 0 aliphatic carbocycles. The summed E-state index contributed by atoms with van der Waals surface area (Å²) in [5.41, 5.74) is -0.852. The number of nitrogens with zero attached hydrogens (tertiary/aromatic N) is 2. The molecule has 12 nitrogen and oxygen atoms in total. The maximum atomic E-state index is 15.8. The molecule has 0 saturated heterocycles. The molecule has 1 aliphatic heterocycles. The summed E-state index contributed by atoms with van der Waals surface area (Å²) in [6, 6.07) is 13.3. The largest absolute Gasteiger partial charge is 0.488 e. The van der Waals surface area contributed by atoms with Crippen molar-refractivity contribution in [1.82, 2.24) is 20.2 Å². The first kappa shape index (κ1) is 35.9. The van der Waals surface area contributed by atoms with Gasteiger partial charge in [0.2, 0.25) is 0 Å². The molecule has 2 atom stereocenters. The number of hydrogen-bond acceptors (Lipinski definition) is 9. The van der Waals surface area contributed by atoms with Crippen LogP contribution in [0.3, 0.4) is 0 Å². The highest BCUT2D eigenvalue weighted by Gasteiger charge is 2.40. The van der Waals surface area contributed by atoms with Crippen molar-refractivity contribution in [3.8, 4) is 28.6 Å². The second-order valence-electron chi connectivity index (χ2n) is 13.9. The van der Waals surface area contributed by atoms with E-state index in [-0.39, 0.29) is 40.9 Å². The fraction of sp³-hybridized carbons (Fsp3) is 0.361. The molecule has 15 heteroatoms. The van der Waals surface area contributed by atoms with E-state index in [1.54, 1.807) is 38.1 Å². The number of aliphatic carboxylic acids is 1. The van der Waals surface area contributed by atoms with Crippen LogP contribution in [0.25, 0.3) is 22.3 Å².